The molecule has 1 aromatic carbocycles. The molecular weight excluding hydrogens is 555 g/mol. The van der Waals surface area contributed by atoms with Gasteiger partial charge in [-0.15, -0.1) is 0 Å². The van der Waals surface area contributed by atoms with Gasteiger partial charge < -0.3 is 19.1 Å². The molecule has 0 heterocycles. The van der Waals surface area contributed by atoms with E-state index < -0.39 is 7.82 Å². The second-order valence-electron chi connectivity index (χ2n) is 10.7. The van der Waals surface area contributed by atoms with Crippen LogP contribution in [0.4, 0.5) is 0 Å². The quantitative estimate of drug-likeness (QED) is 0.0334. The van der Waals surface area contributed by atoms with Gasteiger partial charge in [-0.25, -0.2) is 4.57 Å². The lowest BCUT2D eigenvalue weighted by Crippen LogP contribution is -2.12. The molecule has 0 aliphatic heterocycles. The van der Waals surface area contributed by atoms with Gasteiger partial charge in [-0.3, -0.25) is 9.05 Å². The molecule has 0 aliphatic carbocycles. The van der Waals surface area contributed by atoms with Crippen molar-refractivity contribution in [2.24, 2.45) is 0 Å². The summed E-state index contributed by atoms with van der Waals surface area (Å²) in [5.74, 6) is 0.420. The maximum Gasteiger partial charge on any atom is 0.511 e. The summed E-state index contributed by atoms with van der Waals surface area (Å²) in [6.07, 6.45) is 22.1. The Labute approximate surface area is 257 Å². The van der Waals surface area contributed by atoms with Crippen LogP contribution in [-0.4, -0.2) is 52.9 Å². The Morgan fingerprint density at radius 3 is 1.43 bits per heavy atom. The van der Waals surface area contributed by atoms with Gasteiger partial charge in [-0.1, -0.05) is 133 Å². The third kappa shape index (κ3) is 25.5. The van der Waals surface area contributed by atoms with E-state index in [4.69, 9.17) is 32.8 Å². The number of benzene rings is 1. The Balaban J connectivity index is 2.08. The molecule has 8 nitrogen and oxygen atoms in total. The van der Waals surface area contributed by atoms with E-state index in [1.54, 1.807) is 24.3 Å². The predicted molar refractivity (Wildman–Crippen MR) is 170 cm³/mol. The van der Waals surface area contributed by atoms with Crippen LogP contribution in [0.3, 0.4) is 0 Å². The fourth-order valence-corrected chi connectivity index (χ4v) is 5.43. The summed E-state index contributed by atoms with van der Waals surface area (Å²) in [6.45, 7) is 7.41. The van der Waals surface area contributed by atoms with Gasteiger partial charge in [0.1, 0.15) is 0 Å². The van der Waals surface area contributed by atoms with Crippen molar-refractivity contribution < 1.29 is 37.4 Å². The fraction of sp³-hybridized carbons (Fsp3) is 0.818. The van der Waals surface area contributed by atoms with E-state index in [0.717, 1.165) is 19.3 Å². The van der Waals surface area contributed by atoms with Crippen LogP contribution in [0, 0.1) is 0 Å². The van der Waals surface area contributed by atoms with Crippen LogP contribution in [-0.2, 0) is 32.5 Å². The Morgan fingerprint density at radius 2 is 0.929 bits per heavy atom. The molecule has 1 rings (SSSR count). The Hall–Kier alpha value is -0.990. The fourth-order valence-electron chi connectivity index (χ4n) is 4.44. The van der Waals surface area contributed by atoms with Gasteiger partial charge in [-0.2, -0.15) is 0 Å². The molecule has 0 radical (unpaired) electrons. The third-order valence-electron chi connectivity index (χ3n) is 6.89. The van der Waals surface area contributed by atoms with Crippen molar-refractivity contribution in [1.29, 1.82) is 0 Å². The standard InChI is InChI=1S/C33H61O8P/c1-3-5-6-7-8-9-10-11-12-13-14-15-16-17-18-19-23-26-38-42(34,41-40-33-24-21-20-22-25-33)39-32-31-37-30-29-36-28-27-35-4-2/h20-22,24-25H,3-19,23,26-32H2,1-2H3. The average molecular weight is 617 g/mol. The highest BCUT2D eigenvalue weighted by atomic mass is 31.2. The second-order valence-corrected chi connectivity index (χ2v) is 12.2. The maximum atomic E-state index is 13.1. The number of unbranched alkanes of at least 4 members (excludes halogenated alkanes) is 16. The molecular formula is C33H61O8P. The predicted octanol–water partition coefficient (Wildman–Crippen LogP) is 9.86. The van der Waals surface area contributed by atoms with E-state index >= 15 is 0 Å². The first-order chi connectivity index (χ1) is 20.7. The lowest BCUT2D eigenvalue weighted by Gasteiger charge is -2.17. The zero-order valence-electron chi connectivity index (χ0n) is 26.8. The molecule has 0 saturated carbocycles. The summed E-state index contributed by atoms with van der Waals surface area (Å²) < 4.78 is 45.3. The zero-order valence-corrected chi connectivity index (χ0v) is 27.7. The molecule has 1 unspecified atom stereocenters. The number of hydrogen-bond acceptors (Lipinski definition) is 8. The van der Waals surface area contributed by atoms with Gasteiger partial charge in [0, 0.05) is 6.61 Å². The lowest BCUT2D eigenvalue weighted by molar-refractivity contribution is -0.134. The summed E-state index contributed by atoms with van der Waals surface area (Å²) in [6, 6.07) is 8.86. The second kappa shape index (κ2) is 30.1. The van der Waals surface area contributed by atoms with E-state index in [2.05, 4.69) is 6.92 Å². The van der Waals surface area contributed by atoms with Gasteiger partial charge in [0.15, 0.2) is 5.75 Å². The van der Waals surface area contributed by atoms with Gasteiger partial charge in [-0.05, 0) is 25.5 Å². The molecule has 0 N–H and O–H groups in total. The number of phosphoric ester groups is 1. The smallest absolute Gasteiger partial charge is 0.379 e. The Kier molecular flexibility index (Phi) is 27.9. The van der Waals surface area contributed by atoms with E-state index in [0.29, 0.717) is 38.8 Å². The summed E-state index contributed by atoms with van der Waals surface area (Å²) in [7, 11) is -3.90. The highest BCUT2D eigenvalue weighted by Gasteiger charge is 2.29. The molecule has 42 heavy (non-hydrogen) atoms. The van der Waals surface area contributed by atoms with E-state index in [-0.39, 0.29) is 19.8 Å². The molecule has 0 saturated heterocycles. The van der Waals surface area contributed by atoms with Crippen LogP contribution >= 0.6 is 7.82 Å². The minimum atomic E-state index is -3.90. The minimum absolute atomic E-state index is 0.0490. The first kappa shape index (κ1) is 39.0. The van der Waals surface area contributed by atoms with Crippen LogP contribution in [0.5, 0.6) is 5.75 Å². The Bertz CT molecular complexity index is 721. The highest BCUT2D eigenvalue weighted by molar-refractivity contribution is 7.48. The molecule has 0 aliphatic rings. The van der Waals surface area contributed by atoms with Crippen LogP contribution in [0.1, 0.15) is 123 Å². The monoisotopic (exact) mass is 616 g/mol. The minimum Gasteiger partial charge on any atom is -0.379 e. The normalized spacial score (nSPS) is 12.9. The van der Waals surface area contributed by atoms with E-state index in [9.17, 15) is 4.57 Å². The van der Waals surface area contributed by atoms with E-state index in [1.165, 1.54) is 89.9 Å². The molecule has 0 fully saturated rings. The first-order valence-corrected chi connectivity index (χ1v) is 18.2. The molecule has 1 aromatic rings. The van der Waals surface area contributed by atoms with Crippen molar-refractivity contribution in [2.45, 2.75) is 123 Å². The summed E-state index contributed by atoms with van der Waals surface area (Å²) in [5, 5.41) is 0. The average Bonchev–Trinajstić information content (AvgIpc) is 3.01. The number of ether oxygens (including phenoxy) is 3. The van der Waals surface area contributed by atoms with Gasteiger partial charge in [0.05, 0.1) is 46.2 Å². The summed E-state index contributed by atoms with van der Waals surface area (Å²) >= 11 is 0. The van der Waals surface area contributed by atoms with Crippen LogP contribution in [0.25, 0.3) is 0 Å². The number of rotatable bonds is 33. The number of para-hydroxylation sites is 1. The summed E-state index contributed by atoms with van der Waals surface area (Å²) in [4.78, 5) is 5.22. The topological polar surface area (TPSA) is 81.7 Å². The number of hydrogen-bond donors (Lipinski definition) is 0. The van der Waals surface area contributed by atoms with Crippen molar-refractivity contribution >= 4 is 7.82 Å². The van der Waals surface area contributed by atoms with Crippen molar-refractivity contribution in [3.63, 3.8) is 0 Å². The maximum absolute atomic E-state index is 13.1. The van der Waals surface area contributed by atoms with Crippen molar-refractivity contribution in [3.8, 4) is 5.75 Å². The van der Waals surface area contributed by atoms with Gasteiger partial charge >= 0.3 is 7.82 Å². The molecule has 9 heteroatoms. The van der Waals surface area contributed by atoms with Crippen LogP contribution < -0.4 is 4.89 Å². The molecule has 0 spiro atoms. The van der Waals surface area contributed by atoms with E-state index in [1.807, 2.05) is 13.0 Å². The number of phosphoric acid groups is 1. The van der Waals surface area contributed by atoms with Gasteiger partial charge in [0.25, 0.3) is 0 Å². The van der Waals surface area contributed by atoms with Crippen molar-refractivity contribution in [1.82, 2.24) is 0 Å². The molecule has 1 atom stereocenters. The lowest BCUT2D eigenvalue weighted by atomic mass is 10.0. The molecule has 0 aromatic heterocycles. The molecule has 0 bridgehead atoms. The molecule has 246 valence electrons. The first-order valence-electron chi connectivity index (χ1n) is 16.7. The van der Waals surface area contributed by atoms with Gasteiger partial charge in [0.2, 0.25) is 0 Å². The third-order valence-corrected chi connectivity index (χ3v) is 8.15. The van der Waals surface area contributed by atoms with Crippen LogP contribution in [0.15, 0.2) is 30.3 Å². The van der Waals surface area contributed by atoms with Crippen molar-refractivity contribution in [3.05, 3.63) is 30.3 Å². The zero-order chi connectivity index (χ0) is 30.2. The Morgan fingerprint density at radius 1 is 0.500 bits per heavy atom. The highest BCUT2D eigenvalue weighted by Crippen LogP contribution is 2.49. The summed E-state index contributed by atoms with van der Waals surface area (Å²) in [5.41, 5.74) is 0. The van der Waals surface area contributed by atoms with Crippen LogP contribution in [0.2, 0.25) is 0 Å². The largest absolute Gasteiger partial charge is 0.511 e. The molecule has 0 amide bonds. The van der Waals surface area contributed by atoms with Crippen molar-refractivity contribution in [2.75, 3.05) is 52.9 Å². The SMILES string of the molecule is CCCCCCCCCCCCCCCCCCCOP(=O)(OCCOCCOCCOCC)OOc1ccccc1.